The third-order valence-electron chi connectivity index (χ3n) is 4.19. The molecule has 0 aliphatic rings. The minimum absolute atomic E-state index is 0.0534. The van der Waals surface area contributed by atoms with Crippen molar-refractivity contribution in [2.24, 2.45) is 0 Å². The Balaban J connectivity index is 2.25. The van der Waals surface area contributed by atoms with Gasteiger partial charge in [-0.3, -0.25) is 9.59 Å². The van der Waals surface area contributed by atoms with E-state index in [9.17, 15) is 9.59 Å². The summed E-state index contributed by atoms with van der Waals surface area (Å²) in [5.41, 5.74) is 0.936. The first-order valence-electron chi connectivity index (χ1n) is 8.89. The minimum Gasteiger partial charge on any atom is -0.497 e. The summed E-state index contributed by atoms with van der Waals surface area (Å²) in [6, 6.07) is 5.05. The molecule has 3 nitrogen and oxygen atoms in total. The molecule has 0 aliphatic heterocycles. The molecule has 0 atom stereocenters. The summed E-state index contributed by atoms with van der Waals surface area (Å²) >= 11 is 0. The summed E-state index contributed by atoms with van der Waals surface area (Å²) in [4.78, 5) is 23.3. The van der Waals surface area contributed by atoms with Gasteiger partial charge in [-0.2, -0.15) is 0 Å². The van der Waals surface area contributed by atoms with Crippen molar-refractivity contribution in [2.45, 2.75) is 71.1 Å². The second-order valence-electron chi connectivity index (χ2n) is 6.07. The van der Waals surface area contributed by atoms with Crippen LogP contribution in [0.25, 0.3) is 0 Å². The number of hydrogen-bond donors (Lipinski definition) is 0. The monoisotopic (exact) mass is 318 g/mol. The number of ketones is 1. The summed E-state index contributed by atoms with van der Waals surface area (Å²) in [5.74, 6) is 0.657. The third kappa shape index (κ3) is 7.45. The van der Waals surface area contributed by atoms with Crippen LogP contribution in [-0.2, 0) is 0 Å². The lowest BCUT2D eigenvalue weighted by Crippen LogP contribution is -2.04. The fraction of sp³-hybridized carbons (Fsp3) is 0.600. The standard InChI is InChI=1S/C20H30O3/c1-3-4-5-6-7-8-9-10-11-12-20(22)19-14-13-18(23-2)15-17(19)16-21/h13-16H,3-12H2,1-2H3. The zero-order chi connectivity index (χ0) is 16.9. The first kappa shape index (κ1) is 19.4. The fourth-order valence-electron chi connectivity index (χ4n) is 2.75. The quantitative estimate of drug-likeness (QED) is 0.270. The van der Waals surface area contributed by atoms with Crippen molar-refractivity contribution >= 4 is 12.1 Å². The zero-order valence-electron chi connectivity index (χ0n) is 14.6. The van der Waals surface area contributed by atoms with Gasteiger partial charge in [0.25, 0.3) is 0 Å². The van der Waals surface area contributed by atoms with E-state index in [1.165, 1.54) is 44.9 Å². The van der Waals surface area contributed by atoms with Gasteiger partial charge in [0.05, 0.1) is 7.11 Å². The lowest BCUT2D eigenvalue weighted by atomic mass is 9.99. The van der Waals surface area contributed by atoms with Crippen molar-refractivity contribution in [3.05, 3.63) is 29.3 Å². The average Bonchev–Trinajstić information content (AvgIpc) is 2.59. The normalized spacial score (nSPS) is 10.5. The van der Waals surface area contributed by atoms with Crippen LogP contribution in [0.15, 0.2) is 18.2 Å². The van der Waals surface area contributed by atoms with E-state index in [0.29, 0.717) is 23.3 Å². The predicted molar refractivity (Wildman–Crippen MR) is 94.6 cm³/mol. The number of methoxy groups -OCH3 is 1. The number of ether oxygens (including phenoxy) is 1. The Morgan fingerprint density at radius 1 is 1.00 bits per heavy atom. The van der Waals surface area contributed by atoms with Crippen LogP contribution in [0.1, 0.15) is 91.8 Å². The van der Waals surface area contributed by atoms with Crippen LogP contribution in [0.5, 0.6) is 5.75 Å². The molecule has 1 aromatic carbocycles. The van der Waals surface area contributed by atoms with Crippen molar-refractivity contribution in [3.8, 4) is 5.75 Å². The topological polar surface area (TPSA) is 43.4 Å². The van der Waals surface area contributed by atoms with Gasteiger partial charge in [-0.1, -0.05) is 58.3 Å². The van der Waals surface area contributed by atoms with Crippen molar-refractivity contribution < 1.29 is 14.3 Å². The van der Waals surface area contributed by atoms with Gasteiger partial charge in [0.15, 0.2) is 12.1 Å². The van der Waals surface area contributed by atoms with E-state index in [-0.39, 0.29) is 5.78 Å². The summed E-state index contributed by atoms with van der Waals surface area (Å²) in [6.07, 6.45) is 12.3. The van der Waals surface area contributed by atoms with E-state index in [2.05, 4.69) is 6.92 Å². The molecule has 0 saturated heterocycles. The van der Waals surface area contributed by atoms with Gasteiger partial charge in [0.1, 0.15) is 5.75 Å². The number of carbonyl (C=O) groups is 2. The van der Waals surface area contributed by atoms with Gasteiger partial charge in [-0.05, 0) is 24.6 Å². The maximum atomic E-state index is 12.2. The molecular weight excluding hydrogens is 288 g/mol. The highest BCUT2D eigenvalue weighted by molar-refractivity contribution is 6.02. The number of rotatable bonds is 13. The van der Waals surface area contributed by atoms with Crippen molar-refractivity contribution in [1.29, 1.82) is 0 Å². The van der Waals surface area contributed by atoms with Crippen LogP contribution in [0.4, 0.5) is 0 Å². The number of benzene rings is 1. The fourth-order valence-corrected chi connectivity index (χ4v) is 2.75. The molecule has 1 aromatic rings. The number of carbonyl (C=O) groups excluding carboxylic acids is 2. The maximum Gasteiger partial charge on any atom is 0.163 e. The lowest BCUT2D eigenvalue weighted by molar-refractivity contribution is 0.0972. The molecule has 0 radical (unpaired) electrons. The SMILES string of the molecule is CCCCCCCCCCCC(=O)c1ccc(OC)cc1C=O. The zero-order valence-corrected chi connectivity index (χ0v) is 14.6. The summed E-state index contributed by atoms with van der Waals surface area (Å²) in [5, 5.41) is 0. The molecule has 23 heavy (non-hydrogen) atoms. The predicted octanol–water partition coefficient (Wildman–Crippen LogP) is 5.61. The molecule has 0 spiro atoms. The highest BCUT2D eigenvalue weighted by Gasteiger charge is 2.11. The Labute approximate surface area is 140 Å². The van der Waals surface area contributed by atoms with Crippen LogP contribution in [0.2, 0.25) is 0 Å². The molecule has 0 N–H and O–H groups in total. The maximum absolute atomic E-state index is 12.2. The van der Waals surface area contributed by atoms with Crippen molar-refractivity contribution in [1.82, 2.24) is 0 Å². The Bertz CT molecular complexity index is 480. The molecule has 0 bridgehead atoms. The van der Waals surface area contributed by atoms with Crippen LogP contribution >= 0.6 is 0 Å². The molecule has 0 amide bonds. The number of aldehydes is 1. The van der Waals surface area contributed by atoms with Crippen LogP contribution in [0, 0.1) is 0 Å². The molecule has 0 aliphatic carbocycles. The van der Waals surface area contributed by atoms with E-state index in [0.717, 1.165) is 19.1 Å². The molecule has 1 rings (SSSR count). The average molecular weight is 318 g/mol. The van der Waals surface area contributed by atoms with Gasteiger partial charge in [-0.25, -0.2) is 0 Å². The van der Waals surface area contributed by atoms with E-state index in [1.807, 2.05) is 0 Å². The highest BCUT2D eigenvalue weighted by Crippen LogP contribution is 2.19. The molecule has 0 unspecified atom stereocenters. The number of Topliss-reactive ketones (excluding diaryl/α,β-unsaturated/α-hetero) is 1. The summed E-state index contributed by atoms with van der Waals surface area (Å²) in [7, 11) is 1.55. The smallest absolute Gasteiger partial charge is 0.163 e. The molecule has 0 saturated carbocycles. The molecule has 3 heteroatoms. The van der Waals surface area contributed by atoms with Crippen LogP contribution in [-0.4, -0.2) is 19.2 Å². The Morgan fingerprint density at radius 2 is 1.61 bits per heavy atom. The number of hydrogen-bond acceptors (Lipinski definition) is 3. The highest BCUT2D eigenvalue weighted by atomic mass is 16.5. The van der Waals surface area contributed by atoms with Gasteiger partial charge in [0.2, 0.25) is 0 Å². The van der Waals surface area contributed by atoms with Crippen LogP contribution in [0.3, 0.4) is 0 Å². The second-order valence-corrected chi connectivity index (χ2v) is 6.07. The lowest BCUT2D eigenvalue weighted by Gasteiger charge is -2.07. The van der Waals surface area contributed by atoms with E-state index >= 15 is 0 Å². The molecule has 0 fully saturated rings. The van der Waals surface area contributed by atoms with Gasteiger partial charge in [0, 0.05) is 17.5 Å². The van der Waals surface area contributed by atoms with Crippen molar-refractivity contribution in [3.63, 3.8) is 0 Å². The summed E-state index contributed by atoms with van der Waals surface area (Å²) in [6.45, 7) is 2.23. The van der Waals surface area contributed by atoms with E-state index < -0.39 is 0 Å². The number of unbranched alkanes of at least 4 members (excludes halogenated alkanes) is 8. The third-order valence-corrected chi connectivity index (χ3v) is 4.19. The first-order valence-corrected chi connectivity index (χ1v) is 8.89. The van der Waals surface area contributed by atoms with Crippen LogP contribution < -0.4 is 4.74 Å². The molecular formula is C20H30O3. The first-order chi connectivity index (χ1) is 11.2. The summed E-state index contributed by atoms with van der Waals surface area (Å²) < 4.78 is 5.08. The minimum atomic E-state index is 0.0534. The van der Waals surface area contributed by atoms with Crippen molar-refractivity contribution in [2.75, 3.05) is 7.11 Å². The molecule has 0 aromatic heterocycles. The Kier molecular flexibility index (Phi) is 10.0. The van der Waals surface area contributed by atoms with E-state index in [1.54, 1.807) is 25.3 Å². The Morgan fingerprint density at radius 3 is 2.17 bits per heavy atom. The largest absolute Gasteiger partial charge is 0.497 e. The second kappa shape index (κ2) is 11.9. The van der Waals surface area contributed by atoms with Gasteiger partial charge in [-0.15, -0.1) is 0 Å². The molecule has 128 valence electrons. The Hall–Kier alpha value is -1.64. The van der Waals surface area contributed by atoms with E-state index in [4.69, 9.17) is 4.74 Å². The van der Waals surface area contributed by atoms with Gasteiger partial charge >= 0.3 is 0 Å². The molecule has 0 heterocycles. The van der Waals surface area contributed by atoms with Gasteiger partial charge < -0.3 is 4.74 Å².